The van der Waals surface area contributed by atoms with Crippen molar-refractivity contribution in [3.05, 3.63) is 58.0 Å². The van der Waals surface area contributed by atoms with Crippen LogP contribution in [-0.2, 0) is 4.79 Å². The molecule has 0 spiro atoms. The molecule has 22 heavy (non-hydrogen) atoms. The van der Waals surface area contributed by atoms with Crippen molar-refractivity contribution < 1.29 is 9.18 Å². The Labute approximate surface area is 137 Å². The Bertz CT molecular complexity index is 712. The predicted molar refractivity (Wildman–Crippen MR) is 92.0 cm³/mol. The Kier molecular flexibility index (Phi) is 5.62. The minimum atomic E-state index is -0.425. The number of hydrogen-bond acceptors (Lipinski definition) is 3. The van der Waals surface area contributed by atoms with Crippen molar-refractivity contribution in [3.8, 4) is 0 Å². The summed E-state index contributed by atoms with van der Waals surface area (Å²) >= 11 is 6.56. The molecule has 114 valence electrons. The Morgan fingerprint density at radius 2 is 2.00 bits per heavy atom. The quantitative estimate of drug-likeness (QED) is 0.458. The number of carbonyl (C=O) groups is 1. The summed E-state index contributed by atoms with van der Waals surface area (Å²) in [5, 5.41) is 2.75. The third kappa shape index (κ3) is 4.94. The Morgan fingerprint density at radius 1 is 1.23 bits per heavy atom. The molecule has 0 saturated carbocycles. The van der Waals surface area contributed by atoms with Crippen molar-refractivity contribution in [2.24, 2.45) is 0 Å². The molecule has 1 heterocycles. The van der Waals surface area contributed by atoms with Gasteiger partial charge in [-0.15, -0.1) is 11.3 Å². The zero-order valence-corrected chi connectivity index (χ0v) is 13.4. The van der Waals surface area contributed by atoms with Crippen LogP contribution in [0.2, 0.25) is 0 Å². The summed E-state index contributed by atoms with van der Waals surface area (Å²) in [7, 11) is 0. The molecule has 1 aromatic carbocycles. The number of hydrogen-bond donors (Lipinski definition) is 3. The maximum atomic E-state index is 13.4. The summed E-state index contributed by atoms with van der Waals surface area (Å²) in [6, 6.07) is 10.0. The van der Waals surface area contributed by atoms with Gasteiger partial charge in [-0.05, 0) is 49.5 Å². The lowest BCUT2D eigenvalue weighted by atomic mass is 10.3. The van der Waals surface area contributed by atoms with E-state index >= 15 is 0 Å². The minimum Gasteiger partial charge on any atom is -0.329 e. The van der Waals surface area contributed by atoms with Crippen LogP contribution in [0.1, 0.15) is 9.75 Å². The average molecular weight is 335 g/mol. The highest BCUT2D eigenvalue weighted by Gasteiger charge is 2.03. The van der Waals surface area contributed by atoms with E-state index in [4.69, 9.17) is 12.2 Å². The van der Waals surface area contributed by atoms with Gasteiger partial charge in [0.2, 0.25) is 0 Å². The highest BCUT2D eigenvalue weighted by atomic mass is 32.1. The Hall–Kier alpha value is -2.25. The summed E-state index contributed by atoms with van der Waals surface area (Å²) in [4.78, 5) is 13.8. The zero-order chi connectivity index (χ0) is 15.9. The molecule has 0 bridgehead atoms. The van der Waals surface area contributed by atoms with Crippen LogP contribution in [0.25, 0.3) is 6.08 Å². The normalized spacial score (nSPS) is 10.5. The number of anilines is 1. The molecule has 1 aromatic heterocycles. The third-order valence-corrected chi connectivity index (χ3v) is 3.75. The number of rotatable bonds is 3. The second-order valence-corrected chi connectivity index (χ2v) is 6.06. The first kappa shape index (κ1) is 16.1. The van der Waals surface area contributed by atoms with E-state index < -0.39 is 5.82 Å². The van der Waals surface area contributed by atoms with Gasteiger partial charge in [0.05, 0.1) is 5.69 Å². The van der Waals surface area contributed by atoms with Crippen molar-refractivity contribution in [1.29, 1.82) is 0 Å². The highest BCUT2D eigenvalue weighted by Crippen LogP contribution is 2.16. The first-order valence-electron chi connectivity index (χ1n) is 6.40. The van der Waals surface area contributed by atoms with E-state index in [0.29, 0.717) is 0 Å². The highest BCUT2D eigenvalue weighted by molar-refractivity contribution is 7.80. The molecule has 3 N–H and O–H groups in total. The summed E-state index contributed by atoms with van der Waals surface area (Å²) in [6.07, 6.45) is 3.10. The molecule has 1 amide bonds. The summed E-state index contributed by atoms with van der Waals surface area (Å²) in [6.45, 7) is 2.00. The number of halogens is 1. The van der Waals surface area contributed by atoms with E-state index in [0.717, 1.165) is 4.88 Å². The van der Waals surface area contributed by atoms with Gasteiger partial charge in [0, 0.05) is 15.8 Å². The smallest absolute Gasteiger partial charge is 0.262 e. The van der Waals surface area contributed by atoms with Gasteiger partial charge in [-0.2, -0.15) is 0 Å². The lowest BCUT2D eigenvalue weighted by molar-refractivity contribution is -0.116. The summed E-state index contributed by atoms with van der Waals surface area (Å²) in [5.74, 6) is -0.783. The number of para-hydroxylation sites is 1. The number of thiophene rings is 1. The van der Waals surface area contributed by atoms with E-state index in [9.17, 15) is 9.18 Å². The number of benzene rings is 1. The molecular weight excluding hydrogens is 321 g/mol. The molecule has 0 aliphatic heterocycles. The van der Waals surface area contributed by atoms with Crippen molar-refractivity contribution >= 4 is 46.3 Å². The van der Waals surface area contributed by atoms with Crippen molar-refractivity contribution in [2.75, 3.05) is 5.32 Å². The summed E-state index contributed by atoms with van der Waals surface area (Å²) < 4.78 is 13.4. The van der Waals surface area contributed by atoms with Crippen LogP contribution in [0.5, 0.6) is 0 Å². The molecule has 0 saturated heterocycles. The SMILES string of the molecule is Cc1ccc(/C=C/C(=O)NNC(=S)Nc2ccccc2F)s1. The van der Waals surface area contributed by atoms with Crippen LogP contribution in [0.3, 0.4) is 0 Å². The van der Waals surface area contributed by atoms with Crippen molar-refractivity contribution in [2.45, 2.75) is 6.92 Å². The molecular formula is C15H14FN3OS2. The first-order valence-corrected chi connectivity index (χ1v) is 7.63. The van der Waals surface area contributed by atoms with Crippen LogP contribution < -0.4 is 16.2 Å². The molecule has 0 fully saturated rings. The second kappa shape index (κ2) is 7.67. The second-order valence-electron chi connectivity index (χ2n) is 4.33. The van der Waals surface area contributed by atoms with E-state index in [1.165, 1.54) is 17.0 Å². The van der Waals surface area contributed by atoms with Gasteiger partial charge >= 0.3 is 0 Å². The molecule has 0 unspecified atom stereocenters. The topological polar surface area (TPSA) is 53.2 Å². The molecule has 2 rings (SSSR count). The average Bonchev–Trinajstić information content (AvgIpc) is 2.91. The number of nitrogens with one attached hydrogen (secondary N) is 3. The van der Waals surface area contributed by atoms with Gasteiger partial charge in [0.15, 0.2) is 5.11 Å². The van der Waals surface area contributed by atoms with Crippen LogP contribution in [0, 0.1) is 12.7 Å². The van der Waals surface area contributed by atoms with Gasteiger partial charge in [-0.25, -0.2) is 4.39 Å². The van der Waals surface area contributed by atoms with Gasteiger partial charge in [-0.3, -0.25) is 15.6 Å². The molecule has 7 heteroatoms. The zero-order valence-electron chi connectivity index (χ0n) is 11.7. The summed E-state index contributed by atoms with van der Waals surface area (Å²) in [5.41, 5.74) is 5.14. The Morgan fingerprint density at radius 3 is 2.68 bits per heavy atom. The van der Waals surface area contributed by atoms with Gasteiger partial charge in [0.1, 0.15) is 5.82 Å². The van der Waals surface area contributed by atoms with Crippen LogP contribution in [0.4, 0.5) is 10.1 Å². The van der Waals surface area contributed by atoms with Gasteiger partial charge < -0.3 is 5.32 Å². The fourth-order valence-electron chi connectivity index (χ4n) is 1.58. The van der Waals surface area contributed by atoms with E-state index in [-0.39, 0.29) is 16.7 Å². The number of aryl methyl sites for hydroxylation is 1. The molecule has 0 atom stereocenters. The van der Waals surface area contributed by atoms with Crippen LogP contribution in [0.15, 0.2) is 42.5 Å². The predicted octanol–water partition coefficient (Wildman–Crippen LogP) is 3.23. The largest absolute Gasteiger partial charge is 0.329 e. The molecule has 2 aromatic rings. The monoisotopic (exact) mass is 335 g/mol. The van der Waals surface area contributed by atoms with E-state index in [2.05, 4.69) is 16.2 Å². The number of amides is 1. The lowest BCUT2D eigenvalue weighted by Gasteiger charge is -2.10. The Balaban J connectivity index is 1.80. The fraction of sp³-hybridized carbons (Fsp3) is 0.0667. The third-order valence-electron chi connectivity index (χ3n) is 2.58. The maximum absolute atomic E-state index is 13.4. The fourth-order valence-corrected chi connectivity index (χ4v) is 2.52. The van der Waals surface area contributed by atoms with Crippen LogP contribution >= 0.6 is 23.6 Å². The molecule has 0 radical (unpaired) electrons. The van der Waals surface area contributed by atoms with Gasteiger partial charge in [0.25, 0.3) is 5.91 Å². The number of thiocarbonyl (C=S) groups is 1. The maximum Gasteiger partial charge on any atom is 0.262 e. The van der Waals surface area contributed by atoms with Crippen molar-refractivity contribution in [3.63, 3.8) is 0 Å². The lowest BCUT2D eigenvalue weighted by Crippen LogP contribution is -2.43. The van der Waals surface area contributed by atoms with E-state index in [1.54, 1.807) is 35.6 Å². The van der Waals surface area contributed by atoms with Crippen molar-refractivity contribution in [1.82, 2.24) is 10.9 Å². The van der Waals surface area contributed by atoms with Gasteiger partial charge in [-0.1, -0.05) is 12.1 Å². The van der Waals surface area contributed by atoms with Crippen LogP contribution in [-0.4, -0.2) is 11.0 Å². The molecule has 0 aliphatic carbocycles. The molecule has 0 aliphatic rings. The standard InChI is InChI=1S/C15H14FN3OS2/c1-10-6-7-11(22-10)8-9-14(20)18-19-15(21)17-13-5-3-2-4-12(13)16/h2-9H,1H3,(H,18,20)(H2,17,19,21)/b9-8+. The van der Waals surface area contributed by atoms with E-state index in [1.807, 2.05) is 19.1 Å². The first-order chi connectivity index (χ1) is 10.5. The minimum absolute atomic E-state index is 0.0961. The molecule has 4 nitrogen and oxygen atoms in total. The number of carbonyl (C=O) groups excluding carboxylic acids is 1. The number of hydrazine groups is 1.